The largest absolute Gasteiger partial charge is 0.376 e. The Kier molecular flexibility index (Phi) is 5.14. The summed E-state index contributed by atoms with van der Waals surface area (Å²) in [5.41, 5.74) is 1.79. The van der Waals surface area contributed by atoms with Gasteiger partial charge in [0.25, 0.3) is 0 Å². The van der Waals surface area contributed by atoms with Crippen LogP contribution in [-0.2, 0) is 17.9 Å². The van der Waals surface area contributed by atoms with Gasteiger partial charge < -0.3 is 10.1 Å². The molecule has 0 spiro atoms. The van der Waals surface area contributed by atoms with E-state index in [4.69, 9.17) is 4.74 Å². The normalized spacial score (nSPS) is 15.0. The van der Waals surface area contributed by atoms with Gasteiger partial charge in [-0.25, -0.2) is 4.39 Å². The van der Waals surface area contributed by atoms with Crippen LogP contribution in [0.4, 0.5) is 4.39 Å². The van der Waals surface area contributed by atoms with Gasteiger partial charge in [0.1, 0.15) is 5.82 Å². The van der Waals surface area contributed by atoms with Crippen LogP contribution in [0.3, 0.4) is 0 Å². The summed E-state index contributed by atoms with van der Waals surface area (Å²) in [6, 6.07) is 5.28. The quantitative estimate of drug-likeness (QED) is 0.716. The second-order valence-electron chi connectivity index (χ2n) is 5.06. The van der Waals surface area contributed by atoms with Crippen molar-refractivity contribution in [1.29, 1.82) is 0 Å². The molecule has 0 aliphatic heterocycles. The number of ether oxygens (including phenoxy) is 1. The van der Waals surface area contributed by atoms with Crippen LogP contribution in [0.5, 0.6) is 0 Å². The second-order valence-corrected chi connectivity index (χ2v) is 5.06. The predicted molar refractivity (Wildman–Crippen MR) is 70.8 cm³/mol. The van der Waals surface area contributed by atoms with Crippen LogP contribution in [0.1, 0.15) is 37.3 Å². The highest BCUT2D eigenvalue weighted by Crippen LogP contribution is 2.29. The van der Waals surface area contributed by atoms with Crippen molar-refractivity contribution < 1.29 is 9.13 Å². The molecule has 2 nitrogen and oxygen atoms in total. The molecule has 2 rings (SSSR count). The lowest BCUT2D eigenvalue weighted by Crippen LogP contribution is -2.14. The summed E-state index contributed by atoms with van der Waals surface area (Å²) < 4.78 is 19.1. The maximum Gasteiger partial charge on any atom is 0.128 e. The first-order valence-electron chi connectivity index (χ1n) is 6.85. The van der Waals surface area contributed by atoms with Gasteiger partial charge in [-0.15, -0.1) is 0 Å². The molecule has 0 bridgehead atoms. The molecule has 18 heavy (non-hydrogen) atoms. The number of rotatable bonds is 8. The van der Waals surface area contributed by atoms with Gasteiger partial charge in [-0.1, -0.05) is 13.0 Å². The van der Waals surface area contributed by atoms with Gasteiger partial charge in [0.2, 0.25) is 0 Å². The monoisotopic (exact) mass is 251 g/mol. The Bertz CT molecular complexity index is 377. The Morgan fingerprint density at radius 2 is 2.22 bits per heavy atom. The Morgan fingerprint density at radius 1 is 1.39 bits per heavy atom. The van der Waals surface area contributed by atoms with E-state index in [2.05, 4.69) is 12.2 Å². The summed E-state index contributed by atoms with van der Waals surface area (Å²) in [5.74, 6) is 0.563. The molecule has 1 aromatic carbocycles. The first kappa shape index (κ1) is 13.5. The van der Waals surface area contributed by atoms with E-state index in [0.29, 0.717) is 12.2 Å². The fourth-order valence-corrected chi connectivity index (χ4v) is 1.88. The van der Waals surface area contributed by atoms with Crippen LogP contribution in [-0.4, -0.2) is 13.2 Å². The zero-order valence-electron chi connectivity index (χ0n) is 11.0. The standard InChI is InChI=1S/C15H22FNO/c1-2-7-17-9-13-5-6-15(16)14(8-13)11-18-10-12-3-4-12/h5-6,8,12,17H,2-4,7,9-11H2,1H3. The molecule has 1 saturated carbocycles. The van der Waals surface area contributed by atoms with Crippen molar-refractivity contribution in [3.8, 4) is 0 Å². The first-order valence-corrected chi connectivity index (χ1v) is 6.85. The molecule has 1 aliphatic carbocycles. The summed E-state index contributed by atoms with van der Waals surface area (Å²) in [6.45, 7) is 5.09. The van der Waals surface area contributed by atoms with Crippen molar-refractivity contribution in [3.05, 3.63) is 35.1 Å². The summed E-state index contributed by atoms with van der Waals surface area (Å²) in [5, 5.41) is 3.32. The minimum Gasteiger partial charge on any atom is -0.376 e. The lowest BCUT2D eigenvalue weighted by atomic mass is 10.1. The third-order valence-corrected chi connectivity index (χ3v) is 3.17. The summed E-state index contributed by atoms with van der Waals surface area (Å²) in [7, 11) is 0. The molecule has 0 unspecified atom stereocenters. The highest BCUT2D eigenvalue weighted by molar-refractivity contribution is 5.24. The van der Waals surface area contributed by atoms with Crippen LogP contribution in [0.2, 0.25) is 0 Å². The SMILES string of the molecule is CCCNCc1ccc(F)c(COCC2CC2)c1. The molecule has 0 atom stereocenters. The zero-order valence-corrected chi connectivity index (χ0v) is 11.0. The molecule has 0 radical (unpaired) electrons. The number of hydrogen-bond donors (Lipinski definition) is 1. The van der Waals surface area contributed by atoms with Crippen molar-refractivity contribution in [2.45, 2.75) is 39.3 Å². The molecule has 3 heteroatoms. The van der Waals surface area contributed by atoms with E-state index in [-0.39, 0.29) is 5.82 Å². The number of nitrogens with one attached hydrogen (secondary N) is 1. The van der Waals surface area contributed by atoms with Crippen molar-refractivity contribution >= 4 is 0 Å². The van der Waals surface area contributed by atoms with Crippen LogP contribution < -0.4 is 5.32 Å². The average molecular weight is 251 g/mol. The first-order chi connectivity index (χ1) is 8.79. The smallest absolute Gasteiger partial charge is 0.128 e. The molecular formula is C15H22FNO. The maximum atomic E-state index is 13.6. The van der Waals surface area contributed by atoms with E-state index in [0.717, 1.165) is 37.6 Å². The van der Waals surface area contributed by atoms with E-state index >= 15 is 0 Å². The molecule has 1 aromatic rings. The topological polar surface area (TPSA) is 21.3 Å². The molecule has 1 N–H and O–H groups in total. The molecule has 0 heterocycles. The van der Waals surface area contributed by atoms with Crippen LogP contribution in [0.25, 0.3) is 0 Å². The molecule has 1 fully saturated rings. The Balaban J connectivity index is 1.83. The molecule has 1 aliphatic rings. The summed E-state index contributed by atoms with van der Waals surface area (Å²) >= 11 is 0. The van der Waals surface area contributed by atoms with Gasteiger partial charge in [-0.3, -0.25) is 0 Å². The van der Waals surface area contributed by atoms with Crippen molar-refractivity contribution in [3.63, 3.8) is 0 Å². The molecular weight excluding hydrogens is 229 g/mol. The number of benzene rings is 1. The fraction of sp³-hybridized carbons (Fsp3) is 0.600. The Morgan fingerprint density at radius 3 is 2.94 bits per heavy atom. The Labute approximate surface area is 109 Å². The van der Waals surface area contributed by atoms with Crippen molar-refractivity contribution in [1.82, 2.24) is 5.32 Å². The van der Waals surface area contributed by atoms with Gasteiger partial charge in [0.05, 0.1) is 6.61 Å². The summed E-state index contributed by atoms with van der Waals surface area (Å²) in [6.07, 6.45) is 3.64. The van der Waals surface area contributed by atoms with Gasteiger partial charge in [-0.2, -0.15) is 0 Å². The molecule has 0 amide bonds. The van der Waals surface area contributed by atoms with Gasteiger partial charge in [-0.05, 0) is 49.4 Å². The van der Waals surface area contributed by atoms with Gasteiger partial charge in [0.15, 0.2) is 0 Å². The van der Waals surface area contributed by atoms with E-state index < -0.39 is 0 Å². The minimum atomic E-state index is -0.162. The van der Waals surface area contributed by atoms with Crippen LogP contribution in [0.15, 0.2) is 18.2 Å². The molecule has 0 saturated heterocycles. The Hall–Kier alpha value is -0.930. The highest BCUT2D eigenvalue weighted by Gasteiger charge is 2.21. The van der Waals surface area contributed by atoms with E-state index in [1.165, 1.54) is 12.8 Å². The molecule has 0 aromatic heterocycles. The van der Waals surface area contributed by atoms with Crippen LogP contribution >= 0.6 is 0 Å². The number of halogens is 1. The second kappa shape index (κ2) is 6.86. The van der Waals surface area contributed by atoms with Crippen LogP contribution in [0, 0.1) is 11.7 Å². The van der Waals surface area contributed by atoms with Gasteiger partial charge >= 0.3 is 0 Å². The third-order valence-electron chi connectivity index (χ3n) is 3.17. The predicted octanol–water partition coefficient (Wildman–Crippen LogP) is 3.25. The zero-order chi connectivity index (χ0) is 12.8. The van der Waals surface area contributed by atoms with E-state index in [1.54, 1.807) is 6.07 Å². The summed E-state index contributed by atoms with van der Waals surface area (Å²) in [4.78, 5) is 0. The van der Waals surface area contributed by atoms with E-state index in [1.807, 2.05) is 12.1 Å². The highest BCUT2D eigenvalue weighted by atomic mass is 19.1. The lowest BCUT2D eigenvalue weighted by Gasteiger charge is -2.08. The lowest BCUT2D eigenvalue weighted by molar-refractivity contribution is 0.109. The van der Waals surface area contributed by atoms with Crippen molar-refractivity contribution in [2.24, 2.45) is 5.92 Å². The fourth-order valence-electron chi connectivity index (χ4n) is 1.88. The third kappa shape index (κ3) is 4.39. The number of hydrogen-bond acceptors (Lipinski definition) is 2. The van der Waals surface area contributed by atoms with Crippen molar-refractivity contribution in [2.75, 3.05) is 13.2 Å². The average Bonchev–Trinajstić information content (AvgIpc) is 3.17. The van der Waals surface area contributed by atoms with Gasteiger partial charge in [0, 0.05) is 18.7 Å². The minimum absolute atomic E-state index is 0.162. The molecule has 100 valence electrons. The maximum absolute atomic E-state index is 13.6. The van der Waals surface area contributed by atoms with E-state index in [9.17, 15) is 4.39 Å².